The van der Waals surface area contributed by atoms with Crippen molar-refractivity contribution in [3.8, 4) is 17.0 Å². The molecule has 2 unspecified atom stereocenters. The third-order valence-corrected chi connectivity index (χ3v) is 7.85. The first-order chi connectivity index (χ1) is 20.6. The molecule has 232 valence electrons. The molecule has 4 aromatic rings. The van der Waals surface area contributed by atoms with Crippen LogP contribution in [0.5, 0.6) is 5.75 Å². The van der Waals surface area contributed by atoms with E-state index in [1.54, 1.807) is 0 Å². The maximum atomic E-state index is 15.0. The summed E-state index contributed by atoms with van der Waals surface area (Å²) in [5.41, 5.74) is 4.79. The number of nitrogens with zero attached hydrogens (tertiary/aromatic N) is 5. The molecule has 2 atom stereocenters. The van der Waals surface area contributed by atoms with Crippen molar-refractivity contribution in [3.05, 3.63) is 76.9 Å². The number of aliphatic hydroxyl groups is 4. The number of pyridine rings is 1. The Balaban J connectivity index is 0.000000433. The summed E-state index contributed by atoms with van der Waals surface area (Å²) in [6.45, 7) is -1.43. The van der Waals surface area contributed by atoms with Gasteiger partial charge in [-0.2, -0.15) is 13.9 Å². The van der Waals surface area contributed by atoms with E-state index in [9.17, 15) is 37.7 Å². The van der Waals surface area contributed by atoms with E-state index < -0.39 is 47.8 Å². The Morgan fingerprint density at radius 1 is 1.16 bits per heavy atom. The zero-order valence-corrected chi connectivity index (χ0v) is 22.9. The van der Waals surface area contributed by atoms with Gasteiger partial charge in [-0.15, -0.1) is 0 Å². The van der Waals surface area contributed by atoms with Crippen LogP contribution in [0.1, 0.15) is 65.3 Å². The van der Waals surface area contributed by atoms with Crippen LogP contribution in [0.15, 0.2) is 42.9 Å². The molecule has 0 radical (unpaired) electrons. The number of fused-ring (bicyclic) bond motifs is 9. The van der Waals surface area contributed by atoms with E-state index in [4.69, 9.17) is 10.8 Å². The molecule has 0 spiro atoms. The first-order valence-electron chi connectivity index (χ1n) is 13.4. The molecule has 2 aliphatic carbocycles. The van der Waals surface area contributed by atoms with Gasteiger partial charge in [0, 0.05) is 40.4 Å². The molecule has 1 aliphatic heterocycles. The number of amides is 1. The average Bonchev–Trinajstić information content (AvgIpc) is 3.38. The van der Waals surface area contributed by atoms with Crippen molar-refractivity contribution in [3.63, 3.8) is 0 Å². The highest BCUT2D eigenvalue weighted by Gasteiger charge is 2.53. The molecular weight excluding hydrogens is 592 g/mol. The highest BCUT2D eigenvalue weighted by Crippen LogP contribution is 2.54. The van der Waals surface area contributed by atoms with Crippen LogP contribution in [0.25, 0.3) is 16.9 Å². The van der Waals surface area contributed by atoms with Crippen LogP contribution >= 0.6 is 0 Å². The van der Waals surface area contributed by atoms with E-state index in [1.807, 2.05) is 6.92 Å². The van der Waals surface area contributed by atoms with Crippen LogP contribution in [-0.2, 0) is 0 Å². The van der Waals surface area contributed by atoms with Gasteiger partial charge in [-0.1, -0.05) is 6.07 Å². The predicted molar refractivity (Wildman–Crippen MR) is 142 cm³/mol. The number of carbonyl (C=O) groups excluding carboxylic acids is 1. The number of hydrogen-bond donors (Lipinski definition) is 5. The maximum Gasteiger partial charge on any atom is 0.387 e. The van der Waals surface area contributed by atoms with Crippen molar-refractivity contribution in [2.75, 3.05) is 0 Å². The van der Waals surface area contributed by atoms with Crippen molar-refractivity contribution >= 4 is 11.6 Å². The van der Waals surface area contributed by atoms with E-state index in [-0.39, 0.29) is 57.5 Å². The lowest BCUT2D eigenvalue weighted by atomic mass is 9.78. The summed E-state index contributed by atoms with van der Waals surface area (Å²) >= 11 is 0. The molecule has 3 aliphatic rings. The normalized spacial score (nSPS) is 23.9. The summed E-state index contributed by atoms with van der Waals surface area (Å²) in [6, 6.07) is 3.76. The zero-order valence-electron chi connectivity index (χ0n) is 22.9. The number of carbonyl (C=O) groups is 1. The van der Waals surface area contributed by atoms with Crippen molar-refractivity contribution in [1.82, 2.24) is 24.5 Å². The third-order valence-electron chi connectivity index (χ3n) is 7.85. The van der Waals surface area contributed by atoms with Gasteiger partial charge < -0.3 is 30.9 Å². The molecule has 3 aromatic heterocycles. The summed E-state index contributed by atoms with van der Waals surface area (Å²) < 4.78 is 61.0. The Labute approximate surface area is 246 Å². The van der Waals surface area contributed by atoms with Crippen LogP contribution in [0.2, 0.25) is 0 Å². The molecule has 16 heteroatoms. The summed E-state index contributed by atoms with van der Waals surface area (Å²) in [6.07, 6.45) is 0.859. The highest BCUT2D eigenvalue weighted by atomic mass is 19.3. The molecule has 7 rings (SSSR count). The van der Waals surface area contributed by atoms with Crippen LogP contribution in [0, 0.1) is 11.6 Å². The Bertz CT molecular complexity index is 1770. The molecular formula is C28H26F4N6O6. The molecule has 1 amide bonds. The lowest BCUT2D eigenvalue weighted by molar-refractivity contribution is -0.385. The quantitative estimate of drug-likeness (QED) is 0.168. The summed E-state index contributed by atoms with van der Waals surface area (Å²) in [7, 11) is 0. The first kappa shape index (κ1) is 29.8. The predicted octanol–water partition coefficient (Wildman–Crippen LogP) is 2.15. The Morgan fingerprint density at radius 2 is 1.89 bits per heavy atom. The van der Waals surface area contributed by atoms with Gasteiger partial charge in [0.1, 0.15) is 17.3 Å². The standard InChI is InChI=1S/C23H15F4N5O5.C5H11NO/c24-10-4-9(6-28-7-10)18-13(25)8-31-20(29-18)17-12-5-14(19(17)30-31)32(23(34,35)36)21(33)11-2-1-3-15(16(11)12)37-22(26)27;1-5(7)2-4(6)3-5/h1-4,6-8,12,14,22,34-36H,5H2;4,7H,2-3,6H2,1H3. The minimum atomic E-state index is -3.65. The summed E-state index contributed by atoms with van der Waals surface area (Å²) in [4.78, 5) is 21.7. The molecule has 1 saturated carbocycles. The van der Waals surface area contributed by atoms with E-state index in [0.29, 0.717) is 4.90 Å². The smallest absolute Gasteiger partial charge is 0.387 e. The van der Waals surface area contributed by atoms with E-state index in [1.165, 1.54) is 24.4 Å². The minimum Gasteiger partial charge on any atom is -0.434 e. The minimum absolute atomic E-state index is 0.0155. The van der Waals surface area contributed by atoms with Gasteiger partial charge in [0.15, 0.2) is 11.5 Å². The lowest BCUT2D eigenvalue weighted by Gasteiger charge is -2.38. The van der Waals surface area contributed by atoms with Crippen LogP contribution in [0.3, 0.4) is 0 Å². The second-order valence-electron chi connectivity index (χ2n) is 11.2. The Kier molecular flexibility index (Phi) is 7.09. The number of alkyl halides is 2. The second kappa shape index (κ2) is 10.4. The van der Waals surface area contributed by atoms with Crippen LogP contribution < -0.4 is 10.5 Å². The average molecular weight is 619 g/mol. The number of halogens is 4. The molecule has 0 saturated heterocycles. The van der Waals surface area contributed by atoms with Crippen molar-refractivity contribution in [1.29, 1.82) is 0 Å². The van der Waals surface area contributed by atoms with Gasteiger partial charge in [-0.05, 0) is 44.4 Å². The fourth-order valence-corrected chi connectivity index (χ4v) is 6.23. The second-order valence-corrected chi connectivity index (χ2v) is 11.2. The van der Waals surface area contributed by atoms with E-state index in [0.717, 1.165) is 35.8 Å². The number of aromatic nitrogens is 4. The van der Waals surface area contributed by atoms with Gasteiger partial charge in [0.05, 0.1) is 29.7 Å². The van der Waals surface area contributed by atoms with Gasteiger partial charge in [-0.3, -0.25) is 14.7 Å². The molecule has 4 heterocycles. The monoisotopic (exact) mass is 618 g/mol. The zero-order chi connectivity index (χ0) is 31.7. The van der Waals surface area contributed by atoms with E-state index >= 15 is 0 Å². The highest BCUT2D eigenvalue weighted by molar-refractivity contribution is 5.98. The van der Waals surface area contributed by atoms with Crippen LogP contribution in [0.4, 0.5) is 17.6 Å². The van der Waals surface area contributed by atoms with Crippen molar-refractivity contribution < 1.29 is 47.5 Å². The number of hydrogen-bond acceptors (Lipinski definition) is 10. The SMILES string of the molecule is CC1(O)CC(N)C1.O=C1c2cccc(OC(F)F)c2C2CC(c3nn4cc(F)c(-c5cncc(F)c5)nc4c32)N1C(O)(O)O. The first-order valence-corrected chi connectivity index (χ1v) is 13.4. The largest absolute Gasteiger partial charge is 0.434 e. The third kappa shape index (κ3) is 5.13. The number of ether oxygens (including phenoxy) is 1. The summed E-state index contributed by atoms with van der Waals surface area (Å²) in [5, 5.41) is 43.5. The summed E-state index contributed by atoms with van der Waals surface area (Å²) in [5.74, 6) is -3.96. The fourth-order valence-electron chi connectivity index (χ4n) is 6.23. The Hall–Kier alpha value is -4.22. The van der Waals surface area contributed by atoms with Crippen molar-refractivity contribution in [2.24, 2.45) is 5.73 Å². The van der Waals surface area contributed by atoms with Crippen LogP contribution in [-0.4, -0.2) is 75.2 Å². The molecule has 6 N–H and O–H groups in total. The lowest BCUT2D eigenvalue weighted by Crippen LogP contribution is -2.53. The molecule has 1 fully saturated rings. The molecule has 1 aromatic carbocycles. The number of benzene rings is 1. The number of rotatable bonds is 4. The van der Waals surface area contributed by atoms with Gasteiger partial charge in [0.25, 0.3) is 5.91 Å². The van der Waals surface area contributed by atoms with Gasteiger partial charge in [-0.25, -0.2) is 18.3 Å². The molecule has 2 bridgehead atoms. The fraction of sp³-hybridized carbons (Fsp3) is 0.357. The molecule has 12 nitrogen and oxygen atoms in total. The molecule has 44 heavy (non-hydrogen) atoms. The topological polar surface area (TPSA) is 180 Å². The van der Waals surface area contributed by atoms with Gasteiger partial charge >= 0.3 is 12.7 Å². The Morgan fingerprint density at radius 3 is 2.48 bits per heavy atom. The number of nitrogens with two attached hydrogens (primary N) is 1. The van der Waals surface area contributed by atoms with E-state index in [2.05, 4.69) is 19.8 Å². The maximum absolute atomic E-state index is 15.0. The van der Waals surface area contributed by atoms with Crippen molar-refractivity contribution in [2.45, 2.75) is 62.5 Å². The van der Waals surface area contributed by atoms with Gasteiger partial charge in [0.2, 0.25) is 0 Å².